The van der Waals surface area contributed by atoms with Crippen molar-refractivity contribution in [3.05, 3.63) is 101 Å². The molecule has 0 aromatic heterocycles. The Bertz CT molecular complexity index is 928. The third-order valence-electron chi connectivity index (χ3n) is 4.92. The Labute approximate surface area is 158 Å². The van der Waals surface area contributed by atoms with Crippen molar-refractivity contribution in [2.75, 3.05) is 11.4 Å². The molecule has 4 heteroatoms. The molecule has 0 radical (unpaired) electrons. The van der Waals surface area contributed by atoms with Crippen LogP contribution < -0.4 is 10.2 Å². The summed E-state index contributed by atoms with van der Waals surface area (Å²) in [6, 6.07) is 22.6. The molecule has 0 spiro atoms. The molecule has 0 saturated carbocycles. The molecule has 3 aromatic carbocycles. The number of amides is 1. The van der Waals surface area contributed by atoms with Crippen molar-refractivity contribution in [1.29, 1.82) is 0 Å². The molecule has 0 aliphatic carbocycles. The van der Waals surface area contributed by atoms with Gasteiger partial charge in [0.05, 0.1) is 0 Å². The molecular weight excluding hydrogens is 339 g/mol. The van der Waals surface area contributed by atoms with Gasteiger partial charge in [-0.25, -0.2) is 4.39 Å². The molecule has 0 unspecified atom stereocenters. The molecule has 136 valence electrons. The zero-order chi connectivity index (χ0) is 18.6. The number of hydrogen-bond acceptors (Lipinski definition) is 2. The van der Waals surface area contributed by atoms with Gasteiger partial charge in [0.1, 0.15) is 5.82 Å². The second-order valence-electron chi connectivity index (χ2n) is 6.81. The monoisotopic (exact) mass is 360 g/mol. The number of nitrogens with one attached hydrogen (secondary N) is 1. The molecular formula is C23H21FN2O. The minimum Gasteiger partial charge on any atom is -0.363 e. The first-order valence-electron chi connectivity index (χ1n) is 9.13. The second-order valence-corrected chi connectivity index (χ2v) is 6.81. The van der Waals surface area contributed by atoms with Crippen molar-refractivity contribution >= 4 is 11.6 Å². The number of hydrogen-bond donors (Lipinski definition) is 1. The van der Waals surface area contributed by atoms with Gasteiger partial charge in [0.25, 0.3) is 5.91 Å². The molecule has 0 atom stereocenters. The van der Waals surface area contributed by atoms with Gasteiger partial charge >= 0.3 is 0 Å². The van der Waals surface area contributed by atoms with E-state index in [2.05, 4.69) is 34.5 Å². The van der Waals surface area contributed by atoms with Crippen molar-refractivity contribution in [2.45, 2.75) is 19.5 Å². The highest BCUT2D eigenvalue weighted by molar-refractivity contribution is 5.94. The van der Waals surface area contributed by atoms with Crippen LogP contribution in [0.5, 0.6) is 0 Å². The van der Waals surface area contributed by atoms with E-state index in [-0.39, 0.29) is 11.7 Å². The van der Waals surface area contributed by atoms with Crippen molar-refractivity contribution in [2.24, 2.45) is 0 Å². The third kappa shape index (κ3) is 4.00. The zero-order valence-electron chi connectivity index (χ0n) is 15.0. The highest BCUT2D eigenvalue weighted by Gasteiger charge is 2.18. The minimum atomic E-state index is -0.251. The molecule has 1 heterocycles. The number of anilines is 1. The van der Waals surface area contributed by atoms with Crippen molar-refractivity contribution in [3.8, 4) is 0 Å². The Morgan fingerprint density at radius 2 is 1.63 bits per heavy atom. The highest BCUT2D eigenvalue weighted by atomic mass is 19.1. The lowest BCUT2D eigenvalue weighted by molar-refractivity contribution is 0.0954. The number of benzene rings is 3. The SMILES string of the molecule is O=C(NCCc1cccc(F)c1)c1ccc(N2Cc3ccccc3C2)cc1. The van der Waals surface area contributed by atoms with Crippen LogP contribution in [0.15, 0.2) is 72.8 Å². The molecule has 0 fully saturated rings. The van der Waals surface area contributed by atoms with Gasteiger partial charge in [0, 0.05) is 30.9 Å². The molecule has 3 aromatic rings. The van der Waals surface area contributed by atoms with Gasteiger partial charge in [-0.1, -0.05) is 36.4 Å². The second kappa shape index (κ2) is 7.62. The van der Waals surface area contributed by atoms with E-state index in [1.165, 1.54) is 23.3 Å². The van der Waals surface area contributed by atoms with Crippen molar-refractivity contribution in [1.82, 2.24) is 5.32 Å². The molecule has 1 aliphatic heterocycles. The van der Waals surface area contributed by atoms with Gasteiger partial charge in [-0.2, -0.15) is 0 Å². The van der Waals surface area contributed by atoms with E-state index in [4.69, 9.17) is 0 Å². The van der Waals surface area contributed by atoms with Gasteiger partial charge in [0.15, 0.2) is 0 Å². The van der Waals surface area contributed by atoms with Gasteiger partial charge in [-0.05, 0) is 59.5 Å². The summed E-state index contributed by atoms with van der Waals surface area (Å²) in [6.45, 7) is 2.27. The summed E-state index contributed by atoms with van der Waals surface area (Å²) in [5, 5.41) is 2.90. The Kier molecular flexibility index (Phi) is 4.88. The topological polar surface area (TPSA) is 32.3 Å². The lowest BCUT2D eigenvalue weighted by Crippen LogP contribution is -2.25. The van der Waals surface area contributed by atoms with Crippen LogP contribution >= 0.6 is 0 Å². The summed E-state index contributed by atoms with van der Waals surface area (Å²) in [4.78, 5) is 14.6. The fraction of sp³-hybridized carbons (Fsp3) is 0.174. The van der Waals surface area contributed by atoms with Crippen LogP contribution in [-0.4, -0.2) is 12.5 Å². The van der Waals surface area contributed by atoms with E-state index in [9.17, 15) is 9.18 Å². The summed E-state index contributed by atoms with van der Waals surface area (Å²) in [7, 11) is 0. The maximum absolute atomic E-state index is 13.2. The van der Waals surface area contributed by atoms with Gasteiger partial charge in [-0.15, -0.1) is 0 Å². The third-order valence-corrected chi connectivity index (χ3v) is 4.92. The zero-order valence-corrected chi connectivity index (χ0v) is 15.0. The van der Waals surface area contributed by atoms with Gasteiger partial charge in [-0.3, -0.25) is 4.79 Å². The lowest BCUT2D eigenvalue weighted by Gasteiger charge is -2.18. The number of carbonyl (C=O) groups is 1. The van der Waals surface area contributed by atoms with Gasteiger partial charge < -0.3 is 10.2 Å². The van der Waals surface area contributed by atoms with Crippen molar-refractivity contribution < 1.29 is 9.18 Å². The largest absolute Gasteiger partial charge is 0.363 e. The molecule has 1 N–H and O–H groups in total. The lowest BCUT2D eigenvalue weighted by atomic mass is 10.1. The minimum absolute atomic E-state index is 0.109. The first-order valence-corrected chi connectivity index (χ1v) is 9.13. The maximum atomic E-state index is 13.2. The van der Waals surface area contributed by atoms with Crippen LogP contribution in [0.1, 0.15) is 27.0 Å². The number of carbonyl (C=O) groups excluding carboxylic acids is 1. The first kappa shape index (κ1) is 17.3. The van der Waals surface area contributed by atoms with E-state index in [1.807, 2.05) is 30.3 Å². The normalized spacial score (nSPS) is 12.7. The van der Waals surface area contributed by atoms with Crippen LogP contribution in [0.25, 0.3) is 0 Å². The quantitative estimate of drug-likeness (QED) is 0.735. The highest BCUT2D eigenvalue weighted by Crippen LogP contribution is 2.28. The van der Waals surface area contributed by atoms with Crippen LogP contribution in [0.4, 0.5) is 10.1 Å². The smallest absolute Gasteiger partial charge is 0.251 e. The van der Waals surface area contributed by atoms with Crippen LogP contribution in [0.2, 0.25) is 0 Å². The summed E-state index contributed by atoms with van der Waals surface area (Å²) in [5.41, 5.74) is 5.34. The summed E-state index contributed by atoms with van der Waals surface area (Å²) in [5.74, 6) is -0.360. The molecule has 4 rings (SSSR count). The maximum Gasteiger partial charge on any atom is 0.251 e. The Morgan fingerprint density at radius 1 is 0.926 bits per heavy atom. The molecule has 0 saturated heterocycles. The summed E-state index contributed by atoms with van der Waals surface area (Å²) < 4.78 is 13.2. The molecule has 27 heavy (non-hydrogen) atoms. The molecule has 3 nitrogen and oxygen atoms in total. The average molecular weight is 360 g/mol. The molecule has 1 aliphatic rings. The standard InChI is InChI=1S/C23H21FN2O/c24-21-7-3-4-17(14-21)12-13-25-23(27)18-8-10-22(11-9-18)26-15-19-5-1-2-6-20(19)16-26/h1-11,14H,12-13,15-16H2,(H,25,27). The van der Waals surface area contributed by atoms with E-state index >= 15 is 0 Å². The Morgan fingerprint density at radius 3 is 2.30 bits per heavy atom. The van der Waals surface area contributed by atoms with Gasteiger partial charge in [0.2, 0.25) is 0 Å². The van der Waals surface area contributed by atoms with Crippen molar-refractivity contribution in [3.63, 3.8) is 0 Å². The first-order chi connectivity index (χ1) is 13.2. The molecule has 1 amide bonds. The number of fused-ring (bicyclic) bond motifs is 1. The average Bonchev–Trinajstić information content (AvgIpc) is 3.12. The summed E-state index contributed by atoms with van der Waals surface area (Å²) in [6.07, 6.45) is 0.605. The van der Waals surface area contributed by atoms with Crippen LogP contribution in [0, 0.1) is 5.82 Å². The Balaban J connectivity index is 1.33. The number of nitrogens with zero attached hydrogens (tertiary/aromatic N) is 1. The predicted octanol–water partition coefficient (Wildman–Crippen LogP) is 4.32. The van der Waals surface area contributed by atoms with E-state index < -0.39 is 0 Å². The van der Waals surface area contributed by atoms with E-state index in [1.54, 1.807) is 6.07 Å². The fourth-order valence-corrected chi connectivity index (χ4v) is 3.45. The fourth-order valence-electron chi connectivity index (χ4n) is 3.45. The predicted molar refractivity (Wildman–Crippen MR) is 105 cm³/mol. The van der Waals surface area contributed by atoms with E-state index in [0.29, 0.717) is 18.5 Å². The Hall–Kier alpha value is -3.14. The molecule has 0 bridgehead atoms. The number of rotatable bonds is 5. The number of halogens is 1. The van der Waals surface area contributed by atoms with Crippen LogP contribution in [-0.2, 0) is 19.5 Å². The van der Waals surface area contributed by atoms with Crippen LogP contribution in [0.3, 0.4) is 0 Å². The summed E-state index contributed by atoms with van der Waals surface area (Å²) >= 11 is 0. The van der Waals surface area contributed by atoms with E-state index in [0.717, 1.165) is 24.3 Å².